The molecule has 0 aromatic carbocycles. The van der Waals surface area contributed by atoms with E-state index in [0.717, 1.165) is 4.88 Å². The van der Waals surface area contributed by atoms with Crippen LogP contribution in [0, 0.1) is 0 Å². The Morgan fingerprint density at radius 1 is 1.38 bits per heavy atom. The first-order valence-corrected chi connectivity index (χ1v) is 7.27. The van der Waals surface area contributed by atoms with Crippen molar-refractivity contribution in [2.75, 3.05) is 26.3 Å². The zero-order valence-electron chi connectivity index (χ0n) is 8.76. The third kappa shape index (κ3) is 2.28. The van der Waals surface area contributed by atoms with Crippen molar-refractivity contribution < 1.29 is 13.2 Å². The van der Waals surface area contributed by atoms with Gasteiger partial charge in [0.15, 0.2) is 0 Å². The number of morpholine rings is 1. The van der Waals surface area contributed by atoms with Crippen LogP contribution in [0.2, 0.25) is 0 Å². The summed E-state index contributed by atoms with van der Waals surface area (Å²) in [6.07, 6.45) is 0. The number of hydrogen-bond donors (Lipinski definition) is 1. The predicted octanol–water partition coefficient (Wildman–Crippen LogP) is 0.228. The summed E-state index contributed by atoms with van der Waals surface area (Å²) in [7, 11) is -3.34. The van der Waals surface area contributed by atoms with Gasteiger partial charge in [-0.1, -0.05) is 0 Å². The zero-order valence-corrected chi connectivity index (χ0v) is 10.4. The van der Waals surface area contributed by atoms with Gasteiger partial charge in [0.2, 0.25) is 0 Å². The van der Waals surface area contributed by atoms with Gasteiger partial charge in [0, 0.05) is 24.5 Å². The third-order valence-electron chi connectivity index (χ3n) is 2.40. The minimum Gasteiger partial charge on any atom is -0.379 e. The lowest BCUT2D eigenvalue weighted by Gasteiger charge is -2.25. The van der Waals surface area contributed by atoms with Crippen molar-refractivity contribution >= 4 is 21.4 Å². The topological polar surface area (TPSA) is 72.6 Å². The normalized spacial score (nSPS) is 18.8. The molecule has 1 aliphatic heterocycles. The lowest BCUT2D eigenvalue weighted by Crippen LogP contribution is -2.40. The van der Waals surface area contributed by atoms with E-state index in [2.05, 4.69) is 0 Å². The molecule has 1 aromatic rings. The van der Waals surface area contributed by atoms with Gasteiger partial charge in [0.25, 0.3) is 10.0 Å². The first kappa shape index (κ1) is 12.0. The summed E-state index contributed by atoms with van der Waals surface area (Å²) < 4.78 is 31.3. The summed E-state index contributed by atoms with van der Waals surface area (Å²) in [5.74, 6) is 0. The Kier molecular flexibility index (Phi) is 3.60. The maximum atomic E-state index is 12.2. The molecule has 0 aliphatic carbocycles. The smallest absolute Gasteiger partial charge is 0.252 e. The van der Waals surface area contributed by atoms with Crippen molar-refractivity contribution in [3.63, 3.8) is 0 Å². The molecule has 1 saturated heterocycles. The number of thiophene rings is 1. The third-order valence-corrected chi connectivity index (χ3v) is 5.88. The summed E-state index contributed by atoms with van der Waals surface area (Å²) in [6.45, 7) is 2.17. The largest absolute Gasteiger partial charge is 0.379 e. The molecule has 7 heteroatoms. The Bertz CT molecular complexity index is 449. The molecular weight excluding hydrogens is 248 g/mol. The standard InChI is InChI=1S/C9H14N2O3S2/c10-7-8-1-2-9(15-8)16(12,13)11-3-5-14-6-4-11/h1-2H,3-7,10H2. The second kappa shape index (κ2) is 4.80. The van der Waals surface area contributed by atoms with E-state index in [1.165, 1.54) is 15.6 Å². The highest BCUT2D eigenvalue weighted by atomic mass is 32.2. The SMILES string of the molecule is NCc1ccc(S(=O)(=O)N2CCOCC2)s1. The molecule has 16 heavy (non-hydrogen) atoms. The van der Waals surface area contributed by atoms with Crippen LogP contribution >= 0.6 is 11.3 Å². The van der Waals surface area contributed by atoms with Crippen LogP contribution in [0.15, 0.2) is 16.3 Å². The average molecular weight is 262 g/mol. The van der Waals surface area contributed by atoms with Gasteiger partial charge in [-0.15, -0.1) is 11.3 Å². The fourth-order valence-electron chi connectivity index (χ4n) is 1.52. The minimum absolute atomic E-state index is 0.370. The summed E-state index contributed by atoms with van der Waals surface area (Å²) in [6, 6.07) is 3.38. The molecule has 0 radical (unpaired) electrons. The highest BCUT2D eigenvalue weighted by Crippen LogP contribution is 2.25. The molecule has 90 valence electrons. The molecule has 0 bridgehead atoms. The van der Waals surface area contributed by atoms with E-state index >= 15 is 0 Å². The quantitative estimate of drug-likeness (QED) is 0.846. The second-order valence-corrected chi connectivity index (χ2v) is 6.77. The van der Waals surface area contributed by atoms with Crippen LogP contribution in [0.25, 0.3) is 0 Å². The van der Waals surface area contributed by atoms with Crippen molar-refractivity contribution in [2.24, 2.45) is 5.73 Å². The first-order valence-electron chi connectivity index (χ1n) is 5.01. The molecular formula is C9H14N2O3S2. The van der Waals surface area contributed by atoms with Crippen molar-refractivity contribution in [1.29, 1.82) is 0 Å². The second-order valence-electron chi connectivity index (χ2n) is 3.44. The number of rotatable bonds is 3. The van der Waals surface area contributed by atoms with Gasteiger partial charge in [-0.25, -0.2) is 8.42 Å². The maximum absolute atomic E-state index is 12.2. The number of hydrogen-bond acceptors (Lipinski definition) is 5. The Morgan fingerprint density at radius 3 is 2.62 bits per heavy atom. The molecule has 0 unspecified atom stereocenters. The van der Waals surface area contributed by atoms with Gasteiger partial charge in [-0.3, -0.25) is 0 Å². The van der Waals surface area contributed by atoms with E-state index in [0.29, 0.717) is 37.1 Å². The number of sulfonamides is 1. The molecule has 1 fully saturated rings. The van der Waals surface area contributed by atoms with Gasteiger partial charge < -0.3 is 10.5 Å². The Balaban J connectivity index is 2.23. The number of ether oxygens (including phenoxy) is 1. The Hall–Kier alpha value is -0.470. The van der Waals surface area contributed by atoms with E-state index < -0.39 is 10.0 Å². The van der Waals surface area contributed by atoms with Crippen LogP contribution in [-0.4, -0.2) is 39.0 Å². The van der Waals surface area contributed by atoms with Gasteiger partial charge in [-0.05, 0) is 12.1 Å². The van der Waals surface area contributed by atoms with Crippen molar-refractivity contribution in [3.05, 3.63) is 17.0 Å². The highest BCUT2D eigenvalue weighted by molar-refractivity contribution is 7.91. The average Bonchev–Trinajstić information content (AvgIpc) is 2.79. The van der Waals surface area contributed by atoms with Crippen molar-refractivity contribution in [2.45, 2.75) is 10.8 Å². The van der Waals surface area contributed by atoms with E-state index in [-0.39, 0.29) is 0 Å². The van der Waals surface area contributed by atoms with E-state index in [1.54, 1.807) is 12.1 Å². The molecule has 2 heterocycles. The molecule has 2 rings (SSSR count). The summed E-state index contributed by atoms with van der Waals surface area (Å²) in [5, 5.41) is 0. The van der Waals surface area contributed by atoms with Crippen molar-refractivity contribution in [3.8, 4) is 0 Å². The monoisotopic (exact) mass is 262 g/mol. The first-order chi connectivity index (χ1) is 7.64. The van der Waals surface area contributed by atoms with Gasteiger partial charge in [0.05, 0.1) is 13.2 Å². The van der Waals surface area contributed by atoms with Gasteiger partial charge in [0.1, 0.15) is 4.21 Å². The van der Waals surface area contributed by atoms with E-state index in [4.69, 9.17) is 10.5 Å². The van der Waals surface area contributed by atoms with Crippen LogP contribution in [-0.2, 0) is 21.3 Å². The molecule has 2 N–H and O–H groups in total. The summed E-state index contributed by atoms with van der Waals surface area (Å²) in [4.78, 5) is 0.881. The summed E-state index contributed by atoms with van der Waals surface area (Å²) in [5.41, 5.74) is 5.47. The molecule has 1 aromatic heterocycles. The van der Waals surface area contributed by atoms with Crippen LogP contribution in [0.5, 0.6) is 0 Å². The Morgan fingerprint density at radius 2 is 2.06 bits per heavy atom. The Labute approximate surface area is 98.9 Å². The van der Waals surface area contributed by atoms with Crippen LogP contribution in [0.3, 0.4) is 0 Å². The van der Waals surface area contributed by atoms with Crippen LogP contribution < -0.4 is 5.73 Å². The minimum atomic E-state index is -3.34. The molecule has 0 saturated carbocycles. The summed E-state index contributed by atoms with van der Waals surface area (Å²) >= 11 is 1.24. The fraction of sp³-hybridized carbons (Fsp3) is 0.556. The predicted molar refractivity (Wildman–Crippen MR) is 61.8 cm³/mol. The molecule has 5 nitrogen and oxygen atoms in total. The highest BCUT2D eigenvalue weighted by Gasteiger charge is 2.27. The zero-order chi connectivity index (χ0) is 11.6. The molecule has 0 amide bonds. The molecule has 0 atom stereocenters. The van der Waals surface area contributed by atoms with E-state index in [1.807, 2.05) is 0 Å². The molecule has 0 spiro atoms. The lowest BCUT2D eigenvalue weighted by molar-refractivity contribution is 0.0731. The van der Waals surface area contributed by atoms with Gasteiger partial charge in [-0.2, -0.15) is 4.31 Å². The number of nitrogens with two attached hydrogens (primary N) is 1. The fourth-order valence-corrected chi connectivity index (χ4v) is 4.32. The maximum Gasteiger partial charge on any atom is 0.252 e. The van der Waals surface area contributed by atoms with E-state index in [9.17, 15) is 8.42 Å². The van der Waals surface area contributed by atoms with Gasteiger partial charge >= 0.3 is 0 Å². The van der Waals surface area contributed by atoms with Crippen LogP contribution in [0.1, 0.15) is 4.88 Å². The number of nitrogens with zero attached hydrogens (tertiary/aromatic N) is 1. The van der Waals surface area contributed by atoms with Crippen molar-refractivity contribution in [1.82, 2.24) is 4.31 Å². The molecule has 1 aliphatic rings. The van der Waals surface area contributed by atoms with Crippen LogP contribution in [0.4, 0.5) is 0 Å². The lowest BCUT2D eigenvalue weighted by atomic mass is 10.5.